The average Bonchev–Trinajstić information content (AvgIpc) is 3.57. The number of hydrogen-bond donors (Lipinski definition) is 0. The predicted octanol–water partition coefficient (Wildman–Crippen LogP) is 12.1. The van der Waals surface area contributed by atoms with Crippen molar-refractivity contribution < 1.29 is 4.42 Å². The Morgan fingerprint density at radius 3 is 1.78 bits per heavy atom. The Morgan fingerprint density at radius 2 is 1.04 bits per heavy atom. The second kappa shape index (κ2) is 12.4. The molecule has 9 aromatic rings. The Labute approximate surface area is 290 Å². The topological polar surface area (TPSA) is 51.8 Å². The molecule has 0 aliphatic carbocycles. The van der Waals surface area contributed by atoms with E-state index in [0.29, 0.717) is 11.7 Å². The third kappa shape index (κ3) is 5.53. The van der Waals surface area contributed by atoms with E-state index in [1.807, 2.05) is 49.4 Å². The van der Waals surface area contributed by atoms with Gasteiger partial charge in [-0.1, -0.05) is 146 Å². The van der Waals surface area contributed by atoms with Crippen LogP contribution < -0.4 is 0 Å². The van der Waals surface area contributed by atoms with Gasteiger partial charge >= 0.3 is 0 Å². The van der Waals surface area contributed by atoms with Gasteiger partial charge in [0, 0.05) is 23.6 Å². The highest BCUT2D eigenvalue weighted by atomic mass is 16.3. The lowest BCUT2D eigenvalue weighted by atomic mass is 9.88. The second-order valence-corrected chi connectivity index (χ2v) is 12.5. The van der Waals surface area contributed by atoms with Crippen LogP contribution in [0, 0.1) is 6.92 Å². The summed E-state index contributed by atoms with van der Waals surface area (Å²) in [5.74, 6) is 1.37. The summed E-state index contributed by atoms with van der Waals surface area (Å²) in [6.45, 7) is 1.88. The SMILES string of the molecule is Cc1nc2ccc(-c3ccc(-c4c(-c5cccc(-c6nc(-c7ccccc7)cc(-c7ccccc7)n6)c5)ccc5ccccc45)cc3)cc2o1. The molecule has 9 rings (SSSR count). The van der Waals surface area contributed by atoms with Gasteiger partial charge in [-0.25, -0.2) is 15.0 Å². The molecule has 50 heavy (non-hydrogen) atoms. The maximum atomic E-state index is 5.82. The van der Waals surface area contributed by atoms with E-state index < -0.39 is 0 Å². The predicted molar refractivity (Wildman–Crippen MR) is 204 cm³/mol. The molecule has 4 heteroatoms. The van der Waals surface area contributed by atoms with Crippen molar-refractivity contribution in [3.63, 3.8) is 0 Å². The van der Waals surface area contributed by atoms with E-state index in [4.69, 9.17) is 14.4 Å². The molecule has 236 valence electrons. The van der Waals surface area contributed by atoms with Crippen molar-refractivity contribution in [2.45, 2.75) is 6.92 Å². The number of oxazole rings is 1. The van der Waals surface area contributed by atoms with Crippen molar-refractivity contribution in [1.82, 2.24) is 15.0 Å². The van der Waals surface area contributed by atoms with Crippen molar-refractivity contribution in [2.24, 2.45) is 0 Å². The molecule has 7 aromatic carbocycles. The molecule has 0 fully saturated rings. The van der Waals surface area contributed by atoms with E-state index in [1.165, 1.54) is 16.3 Å². The highest BCUT2D eigenvalue weighted by Crippen LogP contribution is 2.40. The van der Waals surface area contributed by atoms with Gasteiger partial charge in [-0.05, 0) is 68.4 Å². The zero-order chi connectivity index (χ0) is 33.4. The summed E-state index contributed by atoms with van der Waals surface area (Å²) in [6.07, 6.45) is 0. The molecule has 4 nitrogen and oxygen atoms in total. The van der Waals surface area contributed by atoms with Crippen LogP contribution in [0.15, 0.2) is 174 Å². The fourth-order valence-corrected chi connectivity index (χ4v) is 6.79. The molecular formula is C46H31N3O. The van der Waals surface area contributed by atoms with Crippen LogP contribution >= 0.6 is 0 Å². The first-order valence-electron chi connectivity index (χ1n) is 16.8. The monoisotopic (exact) mass is 641 g/mol. The Morgan fingerprint density at radius 1 is 0.420 bits per heavy atom. The van der Waals surface area contributed by atoms with Crippen LogP contribution in [0.4, 0.5) is 0 Å². The van der Waals surface area contributed by atoms with Crippen LogP contribution in [-0.4, -0.2) is 15.0 Å². The standard InChI is InChI=1S/C46H31N3O/c1-30-47-41-26-24-36(28-44(41)50-30)31-19-21-35(22-20-31)45-39-18-9-8-11-32(39)23-25-40(45)37-16-10-17-38(27-37)46-48-42(33-12-4-2-5-13-33)29-43(49-46)34-14-6-3-7-15-34/h2-29H,1H3. The van der Waals surface area contributed by atoms with Crippen LogP contribution in [0.25, 0.3) is 89.2 Å². The van der Waals surface area contributed by atoms with E-state index >= 15 is 0 Å². The van der Waals surface area contributed by atoms with Crippen LogP contribution in [-0.2, 0) is 0 Å². The molecule has 2 heterocycles. The van der Waals surface area contributed by atoms with E-state index in [9.17, 15) is 0 Å². The third-order valence-corrected chi connectivity index (χ3v) is 9.23. The first kappa shape index (κ1) is 29.5. The van der Waals surface area contributed by atoms with Gasteiger partial charge in [0.1, 0.15) is 5.52 Å². The molecule has 0 saturated heterocycles. The van der Waals surface area contributed by atoms with Crippen molar-refractivity contribution in [3.05, 3.63) is 176 Å². The zero-order valence-corrected chi connectivity index (χ0v) is 27.4. The molecule has 0 spiro atoms. The Bertz CT molecular complexity index is 2590. The molecule has 0 amide bonds. The molecule has 0 bridgehead atoms. The maximum absolute atomic E-state index is 5.82. The Kier molecular flexibility index (Phi) is 7.33. The highest BCUT2D eigenvalue weighted by molar-refractivity contribution is 6.04. The van der Waals surface area contributed by atoms with Gasteiger partial charge in [0.05, 0.1) is 11.4 Å². The summed E-state index contributed by atoms with van der Waals surface area (Å²) in [4.78, 5) is 14.7. The van der Waals surface area contributed by atoms with E-state index in [0.717, 1.165) is 67.0 Å². The molecule has 0 radical (unpaired) electrons. The van der Waals surface area contributed by atoms with Gasteiger partial charge < -0.3 is 4.42 Å². The fraction of sp³-hybridized carbons (Fsp3) is 0.0217. The molecular weight excluding hydrogens is 611 g/mol. The molecule has 0 atom stereocenters. The Hall–Kier alpha value is -6.65. The number of hydrogen-bond acceptors (Lipinski definition) is 4. The number of aryl methyl sites for hydroxylation is 1. The van der Waals surface area contributed by atoms with Crippen molar-refractivity contribution in [1.29, 1.82) is 0 Å². The average molecular weight is 642 g/mol. The fourth-order valence-electron chi connectivity index (χ4n) is 6.79. The Balaban J connectivity index is 1.16. The lowest BCUT2D eigenvalue weighted by Gasteiger charge is -2.16. The number of rotatable bonds is 6. The van der Waals surface area contributed by atoms with Gasteiger partial charge in [-0.3, -0.25) is 0 Å². The summed E-state index contributed by atoms with van der Waals surface area (Å²) < 4.78 is 5.82. The summed E-state index contributed by atoms with van der Waals surface area (Å²) >= 11 is 0. The van der Waals surface area contributed by atoms with Gasteiger partial charge in [0.15, 0.2) is 17.3 Å². The lowest BCUT2D eigenvalue weighted by molar-refractivity contribution is 0.561. The van der Waals surface area contributed by atoms with Crippen LogP contribution in [0.1, 0.15) is 5.89 Å². The van der Waals surface area contributed by atoms with Crippen molar-refractivity contribution >= 4 is 21.9 Å². The number of nitrogens with zero attached hydrogens (tertiary/aromatic N) is 3. The largest absolute Gasteiger partial charge is 0.441 e. The van der Waals surface area contributed by atoms with Crippen LogP contribution in [0.5, 0.6) is 0 Å². The normalized spacial score (nSPS) is 11.3. The molecule has 0 aliphatic heterocycles. The summed E-state index contributed by atoms with van der Waals surface area (Å²) in [5.41, 5.74) is 13.4. The maximum Gasteiger partial charge on any atom is 0.192 e. The molecule has 0 unspecified atom stereocenters. The number of fused-ring (bicyclic) bond motifs is 2. The minimum Gasteiger partial charge on any atom is -0.441 e. The summed E-state index contributed by atoms with van der Waals surface area (Å²) in [7, 11) is 0. The summed E-state index contributed by atoms with van der Waals surface area (Å²) in [5, 5.41) is 2.40. The highest BCUT2D eigenvalue weighted by Gasteiger charge is 2.16. The van der Waals surface area contributed by atoms with Crippen molar-refractivity contribution in [2.75, 3.05) is 0 Å². The second-order valence-electron chi connectivity index (χ2n) is 12.5. The minimum absolute atomic E-state index is 0.673. The molecule has 2 aromatic heterocycles. The van der Waals surface area contributed by atoms with E-state index in [-0.39, 0.29) is 0 Å². The van der Waals surface area contributed by atoms with Gasteiger partial charge in [-0.15, -0.1) is 0 Å². The zero-order valence-electron chi connectivity index (χ0n) is 27.4. The summed E-state index contributed by atoms with van der Waals surface area (Å²) in [6, 6.07) is 59.4. The third-order valence-electron chi connectivity index (χ3n) is 9.23. The quantitative estimate of drug-likeness (QED) is 0.181. The van der Waals surface area contributed by atoms with Crippen LogP contribution in [0.2, 0.25) is 0 Å². The van der Waals surface area contributed by atoms with Gasteiger partial charge in [0.2, 0.25) is 0 Å². The lowest BCUT2D eigenvalue weighted by Crippen LogP contribution is -1.96. The number of benzene rings is 7. The first-order chi connectivity index (χ1) is 24.7. The van der Waals surface area contributed by atoms with Crippen molar-refractivity contribution in [3.8, 4) is 67.3 Å². The smallest absolute Gasteiger partial charge is 0.192 e. The molecule has 0 saturated carbocycles. The minimum atomic E-state index is 0.673. The van der Waals surface area contributed by atoms with E-state index in [1.54, 1.807) is 0 Å². The van der Waals surface area contributed by atoms with Crippen LogP contribution in [0.3, 0.4) is 0 Å². The van der Waals surface area contributed by atoms with E-state index in [2.05, 4.69) is 132 Å². The number of aromatic nitrogens is 3. The van der Waals surface area contributed by atoms with Gasteiger partial charge in [0.25, 0.3) is 0 Å². The first-order valence-corrected chi connectivity index (χ1v) is 16.8. The molecule has 0 N–H and O–H groups in total. The molecule has 0 aliphatic rings. The van der Waals surface area contributed by atoms with Gasteiger partial charge in [-0.2, -0.15) is 0 Å².